The van der Waals surface area contributed by atoms with E-state index in [1.807, 2.05) is 42.2 Å². The highest BCUT2D eigenvalue weighted by atomic mass is 79.9. The fourth-order valence-corrected chi connectivity index (χ4v) is 3.32. The van der Waals surface area contributed by atoms with Crippen LogP contribution in [0.4, 0.5) is 17.1 Å². The van der Waals surface area contributed by atoms with Gasteiger partial charge in [0.25, 0.3) is 0 Å². The summed E-state index contributed by atoms with van der Waals surface area (Å²) >= 11 is 3.31. The van der Waals surface area contributed by atoms with Gasteiger partial charge >= 0.3 is 11.9 Å². The first-order chi connectivity index (χ1) is 14.0. The van der Waals surface area contributed by atoms with Crippen molar-refractivity contribution in [3.05, 3.63) is 82.1 Å². The van der Waals surface area contributed by atoms with Gasteiger partial charge in [-0.1, -0.05) is 30.3 Å². The van der Waals surface area contributed by atoms with Crippen molar-refractivity contribution in [3.8, 4) is 0 Å². The molecule has 0 amide bonds. The minimum absolute atomic E-state index is 0.116. The topological polar surface area (TPSA) is 68.7 Å². The number of pyridine rings is 1. The second-order valence-electron chi connectivity index (χ2n) is 6.12. The number of para-hydroxylation sites is 2. The molecule has 148 valence electrons. The number of carbonyl (C=O) groups is 2. The van der Waals surface area contributed by atoms with Gasteiger partial charge in [0.15, 0.2) is 5.69 Å². The molecule has 0 fully saturated rings. The number of aromatic nitrogens is 1. The van der Waals surface area contributed by atoms with Crippen LogP contribution in [0.5, 0.6) is 0 Å². The van der Waals surface area contributed by atoms with Crippen LogP contribution < -0.4 is 4.90 Å². The Morgan fingerprint density at radius 2 is 1.45 bits per heavy atom. The van der Waals surface area contributed by atoms with Crippen molar-refractivity contribution >= 4 is 44.9 Å². The SMILES string of the molecule is COC(=O)c1ccccc1N(c1ccccc1C)c1ccc(Br)nc1C(=O)OC. The number of esters is 2. The smallest absolute Gasteiger partial charge is 0.358 e. The zero-order valence-corrected chi connectivity index (χ0v) is 17.8. The number of hydrogen-bond donors (Lipinski definition) is 0. The Balaban J connectivity index is 2.36. The van der Waals surface area contributed by atoms with Gasteiger partial charge in [0.1, 0.15) is 4.60 Å². The first-order valence-electron chi connectivity index (χ1n) is 8.76. The van der Waals surface area contributed by atoms with Crippen LogP contribution in [0, 0.1) is 6.92 Å². The van der Waals surface area contributed by atoms with E-state index < -0.39 is 11.9 Å². The summed E-state index contributed by atoms with van der Waals surface area (Å²) in [6.07, 6.45) is 0. The van der Waals surface area contributed by atoms with E-state index >= 15 is 0 Å². The number of halogens is 1. The normalized spacial score (nSPS) is 10.3. The van der Waals surface area contributed by atoms with E-state index in [0.29, 0.717) is 21.5 Å². The molecule has 0 aliphatic heterocycles. The molecule has 3 rings (SSSR count). The van der Waals surface area contributed by atoms with E-state index in [4.69, 9.17) is 9.47 Å². The molecule has 0 aliphatic carbocycles. The molecule has 0 unspecified atom stereocenters. The van der Waals surface area contributed by atoms with Crippen LogP contribution in [-0.4, -0.2) is 31.1 Å². The second kappa shape index (κ2) is 8.87. The standard InChI is InChI=1S/C22H19BrN2O4/c1-14-8-4-6-10-16(14)25(17-11-7-5-9-15(17)21(26)28-2)18-12-13-19(23)24-20(18)22(27)29-3/h4-13H,1-3H3. The lowest BCUT2D eigenvalue weighted by Gasteiger charge is -2.29. The number of nitrogens with zero attached hydrogens (tertiary/aromatic N) is 2. The lowest BCUT2D eigenvalue weighted by Crippen LogP contribution is -2.20. The van der Waals surface area contributed by atoms with Crippen molar-refractivity contribution in [2.45, 2.75) is 6.92 Å². The lowest BCUT2D eigenvalue weighted by atomic mass is 10.1. The molecule has 1 heterocycles. The van der Waals surface area contributed by atoms with E-state index in [2.05, 4.69) is 20.9 Å². The van der Waals surface area contributed by atoms with E-state index in [1.54, 1.807) is 30.3 Å². The van der Waals surface area contributed by atoms with Crippen molar-refractivity contribution in [1.29, 1.82) is 0 Å². The average Bonchev–Trinajstić information content (AvgIpc) is 2.75. The molecular weight excluding hydrogens is 436 g/mol. The predicted octanol–water partition coefficient (Wildman–Crippen LogP) is 5.20. The first kappa shape index (κ1) is 20.5. The number of methoxy groups -OCH3 is 2. The summed E-state index contributed by atoms with van der Waals surface area (Å²) in [5, 5.41) is 0. The summed E-state index contributed by atoms with van der Waals surface area (Å²) in [4.78, 5) is 31.1. The van der Waals surface area contributed by atoms with Crippen LogP contribution in [0.2, 0.25) is 0 Å². The Hall–Kier alpha value is -3.19. The lowest BCUT2D eigenvalue weighted by molar-refractivity contribution is 0.0590. The van der Waals surface area contributed by atoms with Gasteiger partial charge in [0.2, 0.25) is 0 Å². The third kappa shape index (κ3) is 4.14. The Labute approximate surface area is 177 Å². The van der Waals surface area contributed by atoms with Crippen molar-refractivity contribution in [2.75, 3.05) is 19.1 Å². The molecule has 7 heteroatoms. The quantitative estimate of drug-likeness (QED) is 0.390. The first-order valence-corrected chi connectivity index (χ1v) is 9.55. The maximum Gasteiger partial charge on any atom is 0.358 e. The van der Waals surface area contributed by atoms with Crippen LogP contribution in [0.3, 0.4) is 0 Å². The number of carbonyl (C=O) groups excluding carboxylic acids is 2. The second-order valence-corrected chi connectivity index (χ2v) is 6.94. The molecule has 0 atom stereocenters. The number of aryl methyl sites for hydroxylation is 1. The van der Waals surface area contributed by atoms with Gasteiger partial charge in [-0.2, -0.15) is 0 Å². The number of benzene rings is 2. The fraction of sp³-hybridized carbons (Fsp3) is 0.136. The molecule has 0 N–H and O–H groups in total. The molecule has 0 aliphatic rings. The van der Waals surface area contributed by atoms with Crippen molar-refractivity contribution in [3.63, 3.8) is 0 Å². The Kier molecular flexibility index (Phi) is 6.29. The molecule has 2 aromatic carbocycles. The number of anilines is 3. The van der Waals surface area contributed by atoms with Gasteiger partial charge < -0.3 is 14.4 Å². The molecule has 6 nitrogen and oxygen atoms in total. The predicted molar refractivity (Wildman–Crippen MR) is 114 cm³/mol. The summed E-state index contributed by atoms with van der Waals surface area (Å²) in [5.74, 6) is -1.07. The Morgan fingerprint density at radius 3 is 2.10 bits per heavy atom. The van der Waals surface area contributed by atoms with Gasteiger partial charge in [0.05, 0.1) is 31.2 Å². The van der Waals surface area contributed by atoms with Crippen LogP contribution in [0.1, 0.15) is 26.4 Å². The van der Waals surface area contributed by atoms with Crippen molar-refractivity contribution < 1.29 is 19.1 Å². The maximum atomic E-state index is 12.5. The third-order valence-corrected chi connectivity index (χ3v) is 4.81. The summed E-state index contributed by atoms with van der Waals surface area (Å²) in [7, 11) is 2.63. The molecule has 1 aromatic heterocycles. The molecule has 0 radical (unpaired) electrons. The Morgan fingerprint density at radius 1 is 0.828 bits per heavy atom. The molecule has 3 aromatic rings. The summed E-state index contributed by atoms with van der Waals surface area (Å²) in [6.45, 7) is 1.95. The molecule has 0 saturated carbocycles. The minimum Gasteiger partial charge on any atom is -0.465 e. The van der Waals surface area contributed by atoms with Gasteiger partial charge in [-0.05, 0) is 58.7 Å². The summed E-state index contributed by atoms with van der Waals surface area (Å²) in [6, 6.07) is 18.2. The zero-order chi connectivity index (χ0) is 21.0. The van der Waals surface area contributed by atoms with E-state index in [0.717, 1.165) is 11.3 Å². The number of hydrogen-bond acceptors (Lipinski definition) is 6. The summed E-state index contributed by atoms with van der Waals surface area (Å²) in [5.41, 5.74) is 3.25. The van der Waals surface area contributed by atoms with Gasteiger partial charge in [0, 0.05) is 5.69 Å². The fourth-order valence-electron chi connectivity index (χ4n) is 3.01. The molecule has 0 spiro atoms. The average molecular weight is 455 g/mol. The van der Waals surface area contributed by atoms with Crippen molar-refractivity contribution in [1.82, 2.24) is 4.98 Å². The monoisotopic (exact) mass is 454 g/mol. The number of rotatable bonds is 5. The van der Waals surface area contributed by atoms with Crippen molar-refractivity contribution in [2.24, 2.45) is 0 Å². The van der Waals surface area contributed by atoms with Crippen LogP contribution >= 0.6 is 15.9 Å². The molecule has 29 heavy (non-hydrogen) atoms. The van der Waals surface area contributed by atoms with E-state index in [1.165, 1.54) is 14.2 Å². The van der Waals surface area contributed by atoms with Crippen LogP contribution in [-0.2, 0) is 9.47 Å². The van der Waals surface area contributed by atoms with E-state index in [9.17, 15) is 9.59 Å². The van der Waals surface area contributed by atoms with Gasteiger partial charge in [-0.15, -0.1) is 0 Å². The van der Waals surface area contributed by atoms with Gasteiger partial charge in [-0.3, -0.25) is 0 Å². The third-order valence-electron chi connectivity index (χ3n) is 4.37. The highest BCUT2D eigenvalue weighted by Crippen LogP contribution is 2.40. The number of ether oxygens (including phenoxy) is 2. The highest BCUT2D eigenvalue weighted by Gasteiger charge is 2.26. The molecule has 0 bridgehead atoms. The van der Waals surface area contributed by atoms with Crippen LogP contribution in [0.25, 0.3) is 0 Å². The Bertz CT molecular complexity index is 1070. The molecular formula is C22H19BrN2O4. The van der Waals surface area contributed by atoms with Crippen LogP contribution in [0.15, 0.2) is 65.3 Å². The largest absolute Gasteiger partial charge is 0.465 e. The highest BCUT2D eigenvalue weighted by molar-refractivity contribution is 9.10. The summed E-state index contributed by atoms with van der Waals surface area (Å²) < 4.78 is 10.4. The van der Waals surface area contributed by atoms with E-state index in [-0.39, 0.29) is 5.69 Å². The maximum absolute atomic E-state index is 12.5. The molecule has 0 saturated heterocycles. The minimum atomic E-state index is -0.588. The van der Waals surface area contributed by atoms with Gasteiger partial charge in [-0.25, -0.2) is 14.6 Å². The zero-order valence-electron chi connectivity index (χ0n) is 16.2.